The molecule has 0 aromatic carbocycles. The maximum atomic E-state index is 10.9. The summed E-state index contributed by atoms with van der Waals surface area (Å²) in [6, 6.07) is 0. The van der Waals surface area contributed by atoms with E-state index in [1.165, 1.54) is 10.9 Å². The van der Waals surface area contributed by atoms with Crippen LogP contribution in [0, 0.1) is 0 Å². The lowest BCUT2D eigenvalue weighted by Crippen LogP contribution is -2.23. The molecule has 0 aliphatic carbocycles. The quantitative estimate of drug-likeness (QED) is 0.472. The van der Waals surface area contributed by atoms with E-state index in [-0.39, 0.29) is 0 Å². The van der Waals surface area contributed by atoms with Crippen LogP contribution in [0.5, 0.6) is 0 Å². The molecule has 70 valence electrons. The second-order valence-electron chi connectivity index (χ2n) is 2.35. The molecular formula is C7H9N3O3. The van der Waals surface area contributed by atoms with Gasteiger partial charge in [-0.15, -0.1) is 0 Å². The molecular weight excluding hydrogens is 174 g/mol. The highest BCUT2D eigenvalue weighted by Crippen LogP contribution is 2.02. The van der Waals surface area contributed by atoms with Crippen molar-refractivity contribution in [2.24, 2.45) is 7.05 Å². The molecule has 13 heavy (non-hydrogen) atoms. The molecule has 1 N–H and O–H groups in total. The lowest BCUT2D eigenvalue weighted by atomic mass is 10.5. The number of aryl methyl sites for hydroxylation is 1. The third-order valence-corrected chi connectivity index (χ3v) is 1.33. The zero-order valence-corrected chi connectivity index (χ0v) is 7.27. The molecule has 6 heteroatoms. The number of ether oxygens (including phenoxy) is 1. The van der Waals surface area contributed by atoms with Gasteiger partial charge in [0.2, 0.25) is 0 Å². The number of amides is 1. The van der Waals surface area contributed by atoms with E-state index in [0.717, 1.165) is 7.11 Å². The normalized spacial score (nSPS) is 9.38. The summed E-state index contributed by atoms with van der Waals surface area (Å²) in [5, 5.41) is 6.12. The number of anilines is 1. The fourth-order valence-corrected chi connectivity index (χ4v) is 0.761. The van der Waals surface area contributed by atoms with Crippen LogP contribution in [0.25, 0.3) is 0 Å². The average molecular weight is 183 g/mol. The predicted molar refractivity (Wildman–Crippen MR) is 43.9 cm³/mol. The number of methoxy groups -OCH3 is 1. The Balaban J connectivity index is 2.60. The number of hydrogen-bond donors (Lipinski definition) is 1. The standard InChI is InChI=1S/C7H9N3O3/c1-10-4-5(3-8-10)9-6(11)7(12)13-2/h3-4H,1-2H3,(H,9,11). The molecule has 0 bridgehead atoms. The largest absolute Gasteiger partial charge is 0.462 e. The van der Waals surface area contributed by atoms with Crippen LogP contribution in [0.15, 0.2) is 12.4 Å². The molecule has 0 fully saturated rings. The lowest BCUT2D eigenvalue weighted by Gasteiger charge is -1.98. The summed E-state index contributed by atoms with van der Waals surface area (Å²) in [6.07, 6.45) is 3.00. The first-order chi connectivity index (χ1) is 6.13. The Morgan fingerprint density at radius 1 is 1.62 bits per heavy atom. The van der Waals surface area contributed by atoms with Crippen molar-refractivity contribution in [3.8, 4) is 0 Å². The molecule has 0 spiro atoms. The number of nitrogens with zero attached hydrogens (tertiary/aromatic N) is 2. The zero-order chi connectivity index (χ0) is 9.84. The van der Waals surface area contributed by atoms with Crippen LogP contribution >= 0.6 is 0 Å². The Labute approximate surface area is 74.5 Å². The van der Waals surface area contributed by atoms with Crippen molar-refractivity contribution in [2.75, 3.05) is 12.4 Å². The van der Waals surface area contributed by atoms with Gasteiger partial charge in [0.05, 0.1) is 19.0 Å². The summed E-state index contributed by atoms with van der Waals surface area (Å²) >= 11 is 0. The number of rotatable bonds is 1. The van der Waals surface area contributed by atoms with Crippen LogP contribution in [0.2, 0.25) is 0 Å². The summed E-state index contributed by atoms with van der Waals surface area (Å²) in [5.41, 5.74) is 0.456. The van der Waals surface area contributed by atoms with Crippen molar-refractivity contribution in [3.63, 3.8) is 0 Å². The van der Waals surface area contributed by atoms with E-state index < -0.39 is 11.9 Å². The second-order valence-corrected chi connectivity index (χ2v) is 2.35. The van der Waals surface area contributed by atoms with Crippen molar-refractivity contribution >= 4 is 17.6 Å². The molecule has 0 aliphatic heterocycles. The Morgan fingerprint density at radius 3 is 2.77 bits per heavy atom. The minimum Gasteiger partial charge on any atom is -0.462 e. The molecule has 1 aromatic heterocycles. The van der Waals surface area contributed by atoms with E-state index in [1.807, 2.05) is 0 Å². The van der Waals surface area contributed by atoms with E-state index in [4.69, 9.17) is 0 Å². The van der Waals surface area contributed by atoms with Gasteiger partial charge in [0, 0.05) is 13.2 Å². The van der Waals surface area contributed by atoms with Crippen LogP contribution in [0.3, 0.4) is 0 Å². The molecule has 0 radical (unpaired) electrons. The van der Waals surface area contributed by atoms with Gasteiger partial charge in [-0.2, -0.15) is 5.10 Å². The third kappa shape index (κ3) is 2.29. The van der Waals surface area contributed by atoms with Gasteiger partial charge < -0.3 is 10.1 Å². The summed E-state index contributed by atoms with van der Waals surface area (Å²) in [4.78, 5) is 21.6. The fourth-order valence-electron chi connectivity index (χ4n) is 0.761. The monoisotopic (exact) mass is 183 g/mol. The molecule has 6 nitrogen and oxygen atoms in total. The highest BCUT2D eigenvalue weighted by molar-refractivity contribution is 6.37. The first-order valence-electron chi connectivity index (χ1n) is 3.51. The van der Waals surface area contributed by atoms with Crippen molar-refractivity contribution in [1.82, 2.24) is 9.78 Å². The average Bonchev–Trinajstić information content (AvgIpc) is 2.49. The zero-order valence-electron chi connectivity index (χ0n) is 7.27. The van der Waals surface area contributed by atoms with Crippen LogP contribution in [-0.2, 0) is 21.4 Å². The second kappa shape index (κ2) is 3.70. The van der Waals surface area contributed by atoms with E-state index in [2.05, 4.69) is 15.2 Å². The molecule has 1 amide bonds. The van der Waals surface area contributed by atoms with Gasteiger partial charge in [-0.1, -0.05) is 0 Å². The SMILES string of the molecule is COC(=O)C(=O)Nc1cnn(C)c1. The summed E-state index contributed by atoms with van der Waals surface area (Å²) < 4.78 is 5.72. The van der Waals surface area contributed by atoms with Crippen LogP contribution in [0.1, 0.15) is 0 Å². The Morgan fingerprint density at radius 2 is 2.31 bits per heavy atom. The van der Waals surface area contributed by atoms with Gasteiger partial charge in [-0.05, 0) is 0 Å². The van der Waals surface area contributed by atoms with Gasteiger partial charge in [0.15, 0.2) is 0 Å². The molecule has 0 saturated carbocycles. The number of aromatic nitrogens is 2. The number of hydrogen-bond acceptors (Lipinski definition) is 4. The third-order valence-electron chi connectivity index (χ3n) is 1.33. The van der Waals surface area contributed by atoms with Gasteiger partial charge in [0.1, 0.15) is 0 Å². The maximum Gasteiger partial charge on any atom is 0.396 e. The minimum absolute atomic E-state index is 0.456. The summed E-state index contributed by atoms with van der Waals surface area (Å²) in [5.74, 6) is -1.74. The first-order valence-corrected chi connectivity index (χ1v) is 3.51. The lowest BCUT2D eigenvalue weighted by molar-refractivity contribution is -0.150. The number of nitrogens with one attached hydrogen (secondary N) is 1. The number of esters is 1. The molecule has 1 heterocycles. The predicted octanol–water partition coefficient (Wildman–Crippen LogP) is -0.468. The number of carbonyl (C=O) groups excluding carboxylic acids is 2. The van der Waals surface area contributed by atoms with Crippen molar-refractivity contribution in [2.45, 2.75) is 0 Å². The van der Waals surface area contributed by atoms with Crippen LogP contribution in [0.4, 0.5) is 5.69 Å². The Kier molecular flexibility index (Phi) is 2.63. The molecule has 0 unspecified atom stereocenters. The molecule has 1 rings (SSSR count). The molecule has 0 atom stereocenters. The fraction of sp³-hybridized carbons (Fsp3) is 0.286. The van der Waals surface area contributed by atoms with Crippen LogP contribution in [-0.4, -0.2) is 28.8 Å². The van der Waals surface area contributed by atoms with Gasteiger partial charge >= 0.3 is 11.9 Å². The summed E-state index contributed by atoms with van der Waals surface area (Å²) in [7, 11) is 2.85. The van der Waals surface area contributed by atoms with E-state index in [9.17, 15) is 9.59 Å². The minimum atomic E-state index is -0.927. The van der Waals surface area contributed by atoms with E-state index in [0.29, 0.717) is 5.69 Å². The molecule has 0 aliphatic rings. The smallest absolute Gasteiger partial charge is 0.396 e. The highest BCUT2D eigenvalue weighted by atomic mass is 16.5. The molecule has 1 aromatic rings. The first kappa shape index (κ1) is 9.24. The Bertz CT molecular complexity index is 331. The Hall–Kier alpha value is -1.85. The maximum absolute atomic E-state index is 10.9. The number of carbonyl (C=O) groups is 2. The molecule has 0 saturated heterocycles. The van der Waals surface area contributed by atoms with E-state index in [1.54, 1.807) is 13.2 Å². The highest BCUT2D eigenvalue weighted by Gasteiger charge is 2.13. The van der Waals surface area contributed by atoms with Gasteiger partial charge in [0.25, 0.3) is 0 Å². The topological polar surface area (TPSA) is 73.2 Å². The van der Waals surface area contributed by atoms with Crippen molar-refractivity contribution in [1.29, 1.82) is 0 Å². The van der Waals surface area contributed by atoms with Crippen molar-refractivity contribution in [3.05, 3.63) is 12.4 Å². The van der Waals surface area contributed by atoms with Gasteiger partial charge in [-0.3, -0.25) is 9.48 Å². The van der Waals surface area contributed by atoms with Gasteiger partial charge in [-0.25, -0.2) is 4.79 Å². The van der Waals surface area contributed by atoms with Crippen LogP contribution < -0.4 is 5.32 Å². The van der Waals surface area contributed by atoms with Crippen molar-refractivity contribution < 1.29 is 14.3 Å². The van der Waals surface area contributed by atoms with E-state index >= 15 is 0 Å². The summed E-state index contributed by atoms with van der Waals surface area (Å²) in [6.45, 7) is 0.